The monoisotopic (exact) mass is 532 g/mol. The first kappa shape index (κ1) is 26.4. The third-order valence-electron chi connectivity index (χ3n) is 6.78. The van der Waals surface area contributed by atoms with Crippen molar-refractivity contribution in [1.29, 1.82) is 0 Å². The smallest absolute Gasteiger partial charge is 0.254 e. The number of piperidine rings is 1. The zero-order valence-electron chi connectivity index (χ0n) is 21.1. The third-order valence-corrected chi connectivity index (χ3v) is 6.78. The lowest BCUT2D eigenvalue weighted by atomic mass is 9.99. The summed E-state index contributed by atoms with van der Waals surface area (Å²) >= 11 is 0. The Kier molecular flexibility index (Phi) is 8.17. The van der Waals surface area contributed by atoms with Crippen LogP contribution in [0.2, 0.25) is 0 Å². The molecule has 2 heterocycles. The lowest BCUT2D eigenvalue weighted by Crippen LogP contribution is -2.46. The molecule has 3 aromatic carbocycles. The van der Waals surface area contributed by atoms with Gasteiger partial charge in [0.2, 0.25) is 0 Å². The standard InChI is InChI=1S/C30H27F3N4O2/c31-23-8-4-7-21(15-23)29-34-17-22(18-35-29)30(38)36-25-11-13-37(14-12-25)27(20-5-2-1-3-6-20)19-39-28-10-9-24(32)16-26(28)33/h1-10,15-18,25,27H,11-14,19H2,(H,36,38). The van der Waals surface area contributed by atoms with Crippen LogP contribution in [0.1, 0.15) is 34.8 Å². The van der Waals surface area contributed by atoms with Crippen LogP contribution in [0.3, 0.4) is 0 Å². The molecule has 0 bridgehead atoms. The number of carbonyl (C=O) groups excluding carboxylic acids is 1. The van der Waals surface area contributed by atoms with Crippen LogP contribution >= 0.6 is 0 Å². The van der Waals surface area contributed by atoms with Crippen molar-refractivity contribution < 1.29 is 22.7 Å². The minimum absolute atomic E-state index is 0.00474. The summed E-state index contributed by atoms with van der Waals surface area (Å²) in [6.07, 6.45) is 4.30. The maximum Gasteiger partial charge on any atom is 0.254 e. The molecule has 9 heteroatoms. The zero-order valence-corrected chi connectivity index (χ0v) is 21.1. The molecule has 1 aliphatic heterocycles. The van der Waals surface area contributed by atoms with Gasteiger partial charge in [0.05, 0.1) is 11.6 Å². The average Bonchev–Trinajstić information content (AvgIpc) is 2.95. The number of hydrogen-bond donors (Lipinski definition) is 1. The first-order valence-electron chi connectivity index (χ1n) is 12.7. The van der Waals surface area contributed by atoms with Crippen LogP contribution in [0.15, 0.2) is 85.2 Å². The fourth-order valence-corrected chi connectivity index (χ4v) is 4.69. The number of amides is 1. The van der Waals surface area contributed by atoms with Crippen LogP contribution in [-0.4, -0.2) is 46.5 Å². The molecule has 200 valence electrons. The fraction of sp³-hybridized carbons (Fsp3) is 0.233. The Morgan fingerprint density at radius 2 is 1.64 bits per heavy atom. The van der Waals surface area contributed by atoms with E-state index in [1.807, 2.05) is 30.3 Å². The van der Waals surface area contributed by atoms with Crippen molar-refractivity contribution in [3.8, 4) is 17.1 Å². The first-order chi connectivity index (χ1) is 19.0. The van der Waals surface area contributed by atoms with E-state index in [1.165, 1.54) is 36.7 Å². The van der Waals surface area contributed by atoms with Gasteiger partial charge in [-0.2, -0.15) is 0 Å². The second-order valence-corrected chi connectivity index (χ2v) is 9.40. The molecule has 0 aliphatic carbocycles. The molecule has 39 heavy (non-hydrogen) atoms. The van der Waals surface area contributed by atoms with Crippen LogP contribution < -0.4 is 10.1 Å². The Morgan fingerprint density at radius 1 is 0.923 bits per heavy atom. The third kappa shape index (κ3) is 6.61. The van der Waals surface area contributed by atoms with E-state index < -0.39 is 11.6 Å². The highest BCUT2D eigenvalue weighted by atomic mass is 19.1. The number of benzene rings is 3. The van der Waals surface area contributed by atoms with E-state index in [-0.39, 0.29) is 36.2 Å². The normalized spacial score (nSPS) is 15.1. The summed E-state index contributed by atoms with van der Waals surface area (Å²) < 4.78 is 46.7. The Hall–Kier alpha value is -4.24. The maximum absolute atomic E-state index is 14.1. The summed E-state index contributed by atoms with van der Waals surface area (Å²) in [6.45, 7) is 1.57. The van der Waals surface area contributed by atoms with E-state index in [9.17, 15) is 18.0 Å². The molecule has 5 rings (SSSR count). The van der Waals surface area contributed by atoms with Crippen LogP contribution in [0.25, 0.3) is 11.4 Å². The van der Waals surface area contributed by atoms with E-state index in [2.05, 4.69) is 20.2 Å². The van der Waals surface area contributed by atoms with Gasteiger partial charge in [0.15, 0.2) is 17.4 Å². The molecule has 1 amide bonds. The SMILES string of the molecule is O=C(NC1CCN(C(COc2ccc(F)cc2F)c2ccccc2)CC1)c1cnc(-c2cccc(F)c2)nc1. The molecule has 6 nitrogen and oxygen atoms in total. The van der Waals surface area contributed by atoms with E-state index in [4.69, 9.17) is 4.74 Å². The summed E-state index contributed by atoms with van der Waals surface area (Å²) in [5.74, 6) is -1.70. The minimum atomic E-state index is -0.740. The lowest BCUT2D eigenvalue weighted by Gasteiger charge is -2.38. The number of hydrogen-bond acceptors (Lipinski definition) is 5. The van der Waals surface area contributed by atoms with Gasteiger partial charge in [-0.05, 0) is 42.7 Å². The van der Waals surface area contributed by atoms with Crippen molar-refractivity contribution in [2.75, 3.05) is 19.7 Å². The number of nitrogens with zero attached hydrogens (tertiary/aromatic N) is 3. The van der Waals surface area contributed by atoms with Crippen molar-refractivity contribution in [3.63, 3.8) is 0 Å². The predicted molar refractivity (Wildman–Crippen MR) is 141 cm³/mol. The van der Waals surface area contributed by atoms with Crippen LogP contribution in [0.5, 0.6) is 5.75 Å². The minimum Gasteiger partial charge on any atom is -0.489 e. The maximum atomic E-state index is 14.1. The summed E-state index contributed by atoms with van der Waals surface area (Å²) in [6, 6.07) is 18.9. The number of halogens is 3. The van der Waals surface area contributed by atoms with Gasteiger partial charge in [0, 0.05) is 43.2 Å². The average molecular weight is 533 g/mol. The van der Waals surface area contributed by atoms with E-state index in [0.717, 1.165) is 11.6 Å². The molecule has 0 spiro atoms. The van der Waals surface area contributed by atoms with Gasteiger partial charge in [-0.15, -0.1) is 0 Å². The van der Waals surface area contributed by atoms with Gasteiger partial charge in [-0.3, -0.25) is 9.69 Å². The topological polar surface area (TPSA) is 67.4 Å². The Bertz CT molecular complexity index is 1410. The summed E-state index contributed by atoms with van der Waals surface area (Å²) in [7, 11) is 0. The van der Waals surface area contributed by atoms with E-state index in [1.54, 1.807) is 12.1 Å². The second kappa shape index (κ2) is 12.1. The Balaban J connectivity index is 1.19. The fourth-order valence-electron chi connectivity index (χ4n) is 4.69. The molecule has 1 unspecified atom stereocenters. The van der Waals surface area contributed by atoms with E-state index in [0.29, 0.717) is 42.9 Å². The molecule has 0 radical (unpaired) electrons. The molecular formula is C30H27F3N4O2. The molecule has 0 saturated carbocycles. The molecule has 1 N–H and O–H groups in total. The number of aromatic nitrogens is 2. The quantitative estimate of drug-likeness (QED) is 0.321. The zero-order chi connectivity index (χ0) is 27.2. The highest BCUT2D eigenvalue weighted by molar-refractivity contribution is 5.93. The summed E-state index contributed by atoms with van der Waals surface area (Å²) in [4.78, 5) is 23.5. The molecule has 1 aromatic heterocycles. The van der Waals surface area contributed by atoms with Gasteiger partial charge in [-0.25, -0.2) is 23.1 Å². The number of nitrogens with one attached hydrogen (secondary N) is 1. The van der Waals surface area contributed by atoms with Gasteiger partial charge >= 0.3 is 0 Å². The summed E-state index contributed by atoms with van der Waals surface area (Å²) in [5, 5.41) is 3.05. The lowest BCUT2D eigenvalue weighted by molar-refractivity contribution is 0.0833. The van der Waals surface area contributed by atoms with Gasteiger partial charge in [-0.1, -0.05) is 42.5 Å². The van der Waals surface area contributed by atoms with Gasteiger partial charge in [0.1, 0.15) is 18.2 Å². The number of likely N-dealkylation sites (tertiary alicyclic amines) is 1. The van der Waals surface area contributed by atoms with Crippen LogP contribution in [-0.2, 0) is 0 Å². The van der Waals surface area contributed by atoms with E-state index >= 15 is 0 Å². The largest absolute Gasteiger partial charge is 0.489 e. The molecule has 1 fully saturated rings. The van der Waals surface area contributed by atoms with Crippen molar-refractivity contribution in [3.05, 3.63) is 114 Å². The number of carbonyl (C=O) groups is 1. The van der Waals surface area contributed by atoms with Crippen molar-refractivity contribution in [2.45, 2.75) is 24.9 Å². The molecule has 4 aromatic rings. The second-order valence-electron chi connectivity index (χ2n) is 9.40. The van der Waals surface area contributed by atoms with Gasteiger partial charge < -0.3 is 10.1 Å². The Labute approximate surface area is 224 Å². The molecule has 1 atom stereocenters. The molecule has 1 saturated heterocycles. The van der Waals surface area contributed by atoms with Crippen molar-refractivity contribution >= 4 is 5.91 Å². The first-order valence-corrected chi connectivity index (χ1v) is 12.7. The molecular weight excluding hydrogens is 505 g/mol. The number of rotatable bonds is 8. The van der Waals surface area contributed by atoms with Crippen LogP contribution in [0.4, 0.5) is 13.2 Å². The molecule has 1 aliphatic rings. The van der Waals surface area contributed by atoms with Gasteiger partial charge in [0.25, 0.3) is 5.91 Å². The number of ether oxygens (including phenoxy) is 1. The predicted octanol–water partition coefficient (Wildman–Crippen LogP) is 5.58. The summed E-state index contributed by atoms with van der Waals surface area (Å²) in [5.41, 5.74) is 1.89. The highest BCUT2D eigenvalue weighted by Gasteiger charge is 2.28. The van der Waals surface area contributed by atoms with Crippen LogP contribution in [0, 0.1) is 17.5 Å². The van der Waals surface area contributed by atoms with Crippen molar-refractivity contribution in [1.82, 2.24) is 20.2 Å². The highest BCUT2D eigenvalue weighted by Crippen LogP contribution is 2.27. The Morgan fingerprint density at radius 3 is 2.33 bits per heavy atom. The van der Waals surface area contributed by atoms with Crippen molar-refractivity contribution in [2.24, 2.45) is 0 Å².